The van der Waals surface area contributed by atoms with Crippen LogP contribution in [0.1, 0.15) is 24.1 Å². The highest BCUT2D eigenvalue weighted by atomic mass is 32.2. The number of anilines is 1. The second-order valence-electron chi connectivity index (χ2n) is 6.51. The Morgan fingerprint density at radius 3 is 2.50 bits per heavy atom. The summed E-state index contributed by atoms with van der Waals surface area (Å²) in [6, 6.07) is 14.5. The predicted molar refractivity (Wildman–Crippen MR) is 101 cm³/mol. The molecule has 1 heterocycles. The molecule has 0 spiro atoms. The molecule has 1 aliphatic heterocycles. The molecule has 138 valence electrons. The van der Waals surface area contributed by atoms with Crippen LogP contribution in [0.15, 0.2) is 48.5 Å². The van der Waals surface area contributed by atoms with Crippen LogP contribution < -0.4 is 14.4 Å². The first-order chi connectivity index (χ1) is 12.3. The average molecular weight is 374 g/mol. The molecule has 2 aromatic carbocycles. The van der Waals surface area contributed by atoms with E-state index in [1.54, 1.807) is 24.3 Å². The van der Waals surface area contributed by atoms with Crippen molar-refractivity contribution in [2.45, 2.75) is 26.0 Å². The Balaban J connectivity index is 1.79. The monoisotopic (exact) mass is 374 g/mol. The summed E-state index contributed by atoms with van der Waals surface area (Å²) in [7, 11) is -3.52. The second-order valence-corrected chi connectivity index (χ2v) is 8.42. The van der Waals surface area contributed by atoms with Crippen molar-refractivity contribution in [1.82, 2.24) is 5.32 Å². The molecular formula is C19H22N2O4S. The molecular weight excluding hydrogens is 352 g/mol. The number of ether oxygens (including phenoxy) is 1. The fraction of sp³-hybridized carbons (Fsp3) is 0.316. The molecule has 2 atom stereocenters. The third-order valence-corrected chi connectivity index (χ3v) is 5.51. The van der Waals surface area contributed by atoms with E-state index in [-0.39, 0.29) is 18.5 Å². The number of fused-ring (bicyclic) bond motifs is 1. The van der Waals surface area contributed by atoms with Crippen LogP contribution in [0.5, 0.6) is 5.75 Å². The van der Waals surface area contributed by atoms with E-state index < -0.39 is 16.1 Å². The Bertz CT molecular complexity index is 909. The van der Waals surface area contributed by atoms with Gasteiger partial charge in [-0.1, -0.05) is 42.0 Å². The van der Waals surface area contributed by atoms with Crippen molar-refractivity contribution in [3.63, 3.8) is 0 Å². The summed E-state index contributed by atoms with van der Waals surface area (Å²) in [5.74, 6) is 0.0357. The molecule has 0 fully saturated rings. The van der Waals surface area contributed by atoms with Gasteiger partial charge in [-0.05, 0) is 31.5 Å². The zero-order valence-electron chi connectivity index (χ0n) is 15.0. The molecule has 0 unspecified atom stereocenters. The van der Waals surface area contributed by atoms with Gasteiger partial charge in [0.15, 0.2) is 6.10 Å². The average Bonchev–Trinajstić information content (AvgIpc) is 2.60. The number of benzene rings is 2. The molecule has 7 heteroatoms. The summed E-state index contributed by atoms with van der Waals surface area (Å²) in [6.45, 7) is 3.83. The topological polar surface area (TPSA) is 75.7 Å². The van der Waals surface area contributed by atoms with E-state index in [0.29, 0.717) is 11.4 Å². The number of aryl methyl sites for hydroxylation is 1. The molecule has 2 aromatic rings. The summed E-state index contributed by atoms with van der Waals surface area (Å²) in [6.07, 6.45) is 0.214. The smallest absolute Gasteiger partial charge is 0.263 e. The van der Waals surface area contributed by atoms with E-state index in [0.717, 1.165) is 17.4 Å². The number of para-hydroxylation sites is 2. The molecule has 1 N–H and O–H groups in total. The molecule has 0 radical (unpaired) electrons. The number of rotatable bonds is 4. The van der Waals surface area contributed by atoms with Gasteiger partial charge in [0, 0.05) is 0 Å². The Hall–Kier alpha value is -2.54. The number of nitrogens with one attached hydrogen (secondary N) is 1. The van der Waals surface area contributed by atoms with Gasteiger partial charge in [0.05, 0.1) is 24.5 Å². The SMILES string of the molecule is Cc1ccc([C@@H](C)NC(=O)[C@H]2CN(S(C)(=O)=O)c3ccccc3O2)cc1. The van der Waals surface area contributed by atoms with Crippen LogP contribution in [-0.2, 0) is 14.8 Å². The summed E-state index contributed by atoms with van der Waals surface area (Å²) in [5, 5.41) is 2.90. The van der Waals surface area contributed by atoms with Crippen LogP contribution in [-0.4, -0.2) is 33.2 Å². The number of amides is 1. The van der Waals surface area contributed by atoms with E-state index >= 15 is 0 Å². The lowest BCUT2D eigenvalue weighted by atomic mass is 10.1. The van der Waals surface area contributed by atoms with Gasteiger partial charge >= 0.3 is 0 Å². The highest BCUT2D eigenvalue weighted by Gasteiger charge is 2.35. The van der Waals surface area contributed by atoms with Gasteiger partial charge in [0.2, 0.25) is 10.0 Å². The van der Waals surface area contributed by atoms with Crippen molar-refractivity contribution in [2.24, 2.45) is 0 Å². The van der Waals surface area contributed by atoms with E-state index in [2.05, 4.69) is 5.32 Å². The van der Waals surface area contributed by atoms with E-state index in [1.165, 1.54) is 4.31 Å². The molecule has 1 aliphatic rings. The number of hydrogen-bond donors (Lipinski definition) is 1. The van der Waals surface area contributed by atoms with Crippen molar-refractivity contribution in [2.75, 3.05) is 17.1 Å². The summed E-state index contributed by atoms with van der Waals surface area (Å²) in [5.41, 5.74) is 2.56. The van der Waals surface area contributed by atoms with Crippen molar-refractivity contribution >= 4 is 21.6 Å². The van der Waals surface area contributed by atoms with E-state index in [4.69, 9.17) is 4.74 Å². The first kappa shape index (κ1) is 18.3. The molecule has 6 nitrogen and oxygen atoms in total. The van der Waals surface area contributed by atoms with Crippen LogP contribution in [0.2, 0.25) is 0 Å². The van der Waals surface area contributed by atoms with Gasteiger partial charge in [-0.2, -0.15) is 0 Å². The van der Waals surface area contributed by atoms with Crippen LogP contribution in [0.25, 0.3) is 0 Å². The van der Waals surface area contributed by atoms with Gasteiger partial charge in [-0.3, -0.25) is 9.10 Å². The number of carbonyl (C=O) groups excluding carboxylic acids is 1. The fourth-order valence-corrected chi connectivity index (χ4v) is 3.81. The number of hydrogen-bond acceptors (Lipinski definition) is 4. The lowest BCUT2D eigenvalue weighted by Crippen LogP contribution is -2.50. The minimum atomic E-state index is -3.52. The van der Waals surface area contributed by atoms with Gasteiger partial charge in [-0.25, -0.2) is 8.42 Å². The molecule has 0 saturated carbocycles. The van der Waals surface area contributed by atoms with Crippen LogP contribution in [0.4, 0.5) is 5.69 Å². The number of sulfonamides is 1. The Kier molecular flexibility index (Phi) is 4.91. The van der Waals surface area contributed by atoms with Gasteiger partial charge in [0.25, 0.3) is 5.91 Å². The highest BCUT2D eigenvalue weighted by molar-refractivity contribution is 7.92. The maximum absolute atomic E-state index is 12.7. The highest BCUT2D eigenvalue weighted by Crippen LogP contribution is 2.34. The second kappa shape index (κ2) is 6.99. The molecule has 3 rings (SSSR count). The summed E-state index contributed by atoms with van der Waals surface area (Å²) in [4.78, 5) is 12.7. The molecule has 0 saturated heterocycles. The fourth-order valence-electron chi connectivity index (χ4n) is 2.90. The summed E-state index contributed by atoms with van der Waals surface area (Å²) >= 11 is 0. The normalized spacial score (nSPS) is 17.8. The maximum Gasteiger partial charge on any atom is 0.263 e. The Morgan fingerprint density at radius 2 is 1.85 bits per heavy atom. The number of carbonyl (C=O) groups is 1. The summed E-state index contributed by atoms with van der Waals surface area (Å²) < 4.78 is 31.2. The first-order valence-electron chi connectivity index (χ1n) is 8.36. The molecule has 1 amide bonds. The quantitative estimate of drug-likeness (QED) is 0.892. The van der Waals surface area contributed by atoms with Crippen molar-refractivity contribution in [3.8, 4) is 5.75 Å². The van der Waals surface area contributed by atoms with Crippen LogP contribution in [0, 0.1) is 6.92 Å². The van der Waals surface area contributed by atoms with Crippen molar-refractivity contribution in [3.05, 3.63) is 59.7 Å². The molecule has 0 aliphatic carbocycles. The maximum atomic E-state index is 12.7. The van der Waals surface area contributed by atoms with Crippen LogP contribution in [0.3, 0.4) is 0 Å². The van der Waals surface area contributed by atoms with Crippen molar-refractivity contribution in [1.29, 1.82) is 0 Å². The Labute approximate surface area is 153 Å². The van der Waals surface area contributed by atoms with Crippen LogP contribution >= 0.6 is 0 Å². The largest absolute Gasteiger partial charge is 0.476 e. The van der Waals surface area contributed by atoms with E-state index in [9.17, 15) is 13.2 Å². The number of nitrogens with zero attached hydrogens (tertiary/aromatic N) is 1. The van der Waals surface area contributed by atoms with Gasteiger partial charge < -0.3 is 10.1 Å². The lowest BCUT2D eigenvalue weighted by molar-refractivity contribution is -0.128. The zero-order valence-corrected chi connectivity index (χ0v) is 15.8. The molecule has 26 heavy (non-hydrogen) atoms. The first-order valence-corrected chi connectivity index (χ1v) is 10.2. The van der Waals surface area contributed by atoms with E-state index in [1.807, 2.05) is 38.1 Å². The lowest BCUT2D eigenvalue weighted by Gasteiger charge is -2.34. The minimum Gasteiger partial charge on any atom is -0.476 e. The van der Waals surface area contributed by atoms with Crippen molar-refractivity contribution < 1.29 is 17.9 Å². The third-order valence-electron chi connectivity index (χ3n) is 4.36. The van der Waals surface area contributed by atoms with Gasteiger partial charge in [0.1, 0.15) is 5.75 Å². The molecule has 0 bridgehead atoms. The van der Waals surface area contributed by atoms with Gasteiger partial charge in [-0.15, -0.1) is 0 Å². The third kappa shape index (κ3) is 3.83. The standard InChI is InChI=1S/C19H22N2O4S/c1-13-8-10-15(11-9-13)14(2)20-19(22)18-12-21(26(3,23)24)16-6-4-5-7-17(16)25-18/h4-11,14,18H,12H2,1-3H3,(H,20,22)/t14-,18-/m1/s1. The molecule has 0 aromatic heterocycles. The zero-order chi connectivity index (χ0) is 18.9. The predicted octanol–water partition coefficient (Wildman–Crippen LogP) is 2.40. The minimum absolute atomic E-state index is 0.0533. The Morgan fingerprint density at radius 1 is 1.19 bits per heavy atom.